The highest BCUT2D eigenvalue weighted by molar-refractivity contribution is 5.89. The van der Waals surface area contributed by atoms with E-state index in [0.717, 1.165) is 22.7 Å². The van der Waals surface area contributed by atoms with Gasteiger partial charge in [-0.15, -0.1) is 0 Å². The summed E-state index contributed by atoms with van der Waals surface area (Å²) in [4.78, 5) is 19.0. The molecule has 0 fully saturated rings. The molecule has 1 aromatic heterocycles. The number of hydrogen-bond acceptors (Lipinski definition) is 3. The van der Waals surface area contributed by atoms with Crippen LogP contribution in [0.15, 0.2) is 72.9 Å². The van der Waals surface area contributed by atoms with Gasteiger partial charge in [-0.3, -0.25) is 4.98 Å². The summed E-state index contributed by atoms with van der Waals surface area (Å²) in [5.41, 5.74) is 3.81. The summed E-state index contributed by atoms with van der Waals surface area (Å²) in [6, 6.07) is 21.0. The summed E-state index contributed by atoms with van der Waals surface area (Å²) in [6.45, 7) is 2.97. The van der Waals surface area contributed by atoms with Crippen molar-refractivity contribution >= 4 is 11.7 Å². The highest BCUT2D eigenvalue weighted by Gasteiger charge is 2.16. The molecular formula is C22H23N3O2. The number of nitrogens with zero attached hydrogens (tertiary/aromatic N) is 2. The van der Waals surface area contributed by atoms with Gasteiger partial charge in [0, 0.05) is 18.4 Å². The number of ether oxygens (including phenoxy) is 1. The molecule has 1 N–H and O–H groups in total. The van der Waals surface area contributed by atoms with Crippen LogP contribution < -0.4 is 10.1 Å². The molecule has 2 amide bonds. The Kier molecular flexibility index (Phi) is 6.05. The molecule has 0 radical (unpaired) electrons. The number of benzene rings is 2. The van der Waals surface area contributed by atoms with Crippen molar-refractivity contribution in [1.29, 1.82) is 0 Å². The summed E-state index contributed by atoms with van der Waals surface area (Å²) >= 11 is 0. The molecule has 3 rings (SSSR count). The van der Waals surface area contributed by atoms with Gasteiger partial charge >= 0.3 is 6.03 Å². The molecular weight excluding hydrogens is 338 g/mol. The SMILES string of the molecule is COc1ccc(NC(=O)N(Cc2cccc(C)c2)Cc2ccccn2)cc1. The average Bonchev–Trinajstić information content (AvgIpc) is 2.69. The van der Waals surface area contributed by atoms with Crippen LogP contribution in [0.2, 0.25) is 0 Å². The van der Waals surface area contributed by atoms with Gasteiger partial charge in [-0.05, 0) is 48.9 Å². The van der Waals surface area contributed by atoms with Crippen molar-refractivity contribution < 1.29 is 9.53 Å². The molecule has 0 bridgehead atoms. The lowest BCUT2D eigenvalue weighted by molar-refractivity contribution is 0.205. The van der Waals surface area contributed by atoms with Gasteiger partial charge in [0.2, 0.25) is 0 Å². The molecule has 3 aromatic rings. The number of rotatable bonds is 6. The van der Waals surface area contributed by atoms with Gasteiger partial charge in [0.05, 0.1) is 19.3 Å². The lowest BCUT2D eigenvalue weighted by Crippen LogP contribution is -2.34. The summed E-state index contributed by atoms with van der Waals surface area (Å²) in [5, 5.41) is 2.95. The number of pyridine rings is 1. The molecule has 0 aliphatic heterocycles. The molecule has 5 heteroatoms. The quantitative estimate of drug-likeness (QED) is 0.696. The fourth-order valence-electron chi connectivity index (χ4n) is 2.79. The van der Waals surface area contributed by atoms with Crippen molar-refractivity contribution in [3.63, 3.8) is 0 Å². The Hall–Kier alpha value is -3.34. The van der Waals surface area contributed by atoms with Gasteiger partial charge < -0.3 is 15.0 Å². The molecule has 0 aliphatic rings. The molecule has 0 saturated carbocycles. The highest BCUT2D eigenvalue weighted by atomic mass is 16.5. The molecule has 2 aromatic carbocycles. The van der Waals surface area contributed by atoms with Crippen LogP contribution in [0.3, 0.4) is 0 Å². The first-order valence-corrected chi connectivity index (χ1v) is 8.79. The van der Waals surface area contributed by atoms with Crippen molar-refractivity contribution in [2.75, 3.05) is 12.4 Å². The smallest absolute Gasteiger partial charge is 0.322 e. The zero-order chi connectivity index (χ0) is 19.1. The van der Waals surface area contributed by atoms with Gasteiger partial charge in [-0.25, -0.2) is 4.79 Å². The summed E-state index contributed by atoms with van der Waals surface area (Å²) < 4.78 is 5.16. The molecule has 0 saturated heterocycles. The molecule has 138 valence electrons. The number of nitrogens with one attached hydrogen (secondary N) is 1. The van der Waals surface area contributed by atoms with E-state index < -0.39 is 0 Å². The monoisotopic (exact) mass is 361 g/mol. The maximum atomic E-state index is 12.9. The number of carbonyl (C=O) groups excluding carboxylic acids is 1. The Balaban J connectivity index is 1.77. The zero-order valence-corrected chi connectivity index (χ0v) is 15.6. The minimum absolute atomic E-state index is 0.174. The van der Waals surface area contributed by atoms with E-state index in [1.54, 1.807) is 18.2 Å². The number of aromatic nitrogens is 1. The van der Waals surface area contributed by atoms with Crippen LogP contribution in [0.4, 0.5) is 10.5 Å². The third-order valence-corrected chi connectivity index (χ3v) is 4.16. The first kappa shape index (κ1) is 18.5. The van der Waals surface area contributed by atoms with Crippen molar-refractivity contribution in [2.24, 2.45) is 0 Å². The number of urea groups is 1. The molecule has 27 heavy (non-hydrogen) atoms. The topological polar surface area (TPSA) is 54.5 Å². The number of hydrogen-bond donors (Lipinski definition) is 1. The van der Waals surface area contributed by atoms with E-state index in [-0.39, 0.29) is 6.03 Å². The van der Waals surface area contributed by atoms with Crippen molar-refractivity contribution in [2.45, 2.75) is 20.0 Å². The largest absolute Gasteiger partial charge is 0.497 e. The molecule has 0 atom stereocenters. The fraction of sp³-hybridized carbons (Fsp3) is 0.182. The maximum Gasteiger partial charge on any atom is 0.322 e. The van der Waals surface area contributed by atoms with E-state index in [2.05, 4.69) is 16.4 Å². The Bertz CT molecular complexity index is 880. The van der Waals surface area contributed by atoms with Gasteiger partial charge in [0.25, 0.3) is 0 Å². The first-order chi connectivity index (χ1) is 13.1. The normalized spacial score (nSPS) is 10.3. The third kappa shape index (κ3) is 5.31. The van der Waals surface area contributed by atoms with Crippen molar-refractivity contribution in [3.8, 4) is 5.75 Å². The third-order valence-electron chi connectivity index (χ3n) is 4.16. The van der Waals surface area contributed by atoms with E-state index in [1.807, 2.05) is 67.6 Å². The predicted octanol–water partition coefficient (Wildman–Crippen LogP) is 4.63. The Morgan fingerprint density at radius 1 is 1.04 bits per heavy atom. The van der Waals surface area contributed by atoms with E-state index in [9.17, 15) is 4.79 Å². The maximum absolute atomic E-state index is 12.9. The fourth-order valence-corrected chi connectivity index (χ4v) is 2.79. The van der Waals surface area contributed by atoms with E-state index in [4.69, 9.17) is 4.74 Å². The predicted molar refractivity (Wildman–Crippen MR) is 107 cm³/mol. The van der Waals surface area contributed by atoms with Crippen LogP contribution >= 0.6 is 0 Å². The number of anilines is 1. The number of methoxy groups -OCH3 is 1. The summed E-state index contributed by atoms with van der Waals surface area (Å²) in [5.74, 6) is 0.748. The lowest BCUT2D eigenvalue weighted by atomic mass is 10.1. The number of carbonyl (C=O) groups is 1. The van der Waals surface area contributed by atoms with Gasteiger partial charge in [-0.1, -0.05) is 35.9 Å². The summed E-state index contributed by atoms with van der Waals surface area (Å²) in [7, 11) is 1.62. The molecule has 0 aliphatic carbocycles. The average molecular weight is 361 g/mol. The Morgan fingerprint density at radius 2 is 1.85 bits per heavy atom. The van der Waals surface area contributed by atoms with Gasteiger partial charge in [0.15, 0.2) is 0 Å². The van der Waals surface area contributed by atoms with Crippen LogP contribution in [0.5, 0.6) is 5.75 Å². The molecule has 0 spiro atoms. The highest BCUT2D eigenvalue weighted by Crippen LogP contribution is 2.17. The second-order valence-corrected chi connectivity index (χ2v) is 6.32. The standard InChI is InChI=1S/C22H23N3O2/c1-17-6-5-7-18(14-17)15-25(16-20-8-3-4-13-23-20)22(26)24-19-9-11-21(27-2)12-10-19/h3-14H,15-16H2,1-2H3,(H,24,26). The molecule has 1 heterocycles. The van der Waals surface area contributed by atoms with Gasteiger partial charge in [0.1, 0.15) is 5.75 Å². The minimum Gasteiger partial charge on any atom is -0.497 e. The van der Waals surface area contributed by atoms with Crippen molar-refractivity contribution in [3.05, 3.63) is 89.7 Å². The second kappa shape index (κ2) is 8.85. The van der Waals surface area contributed by atoms with Gasteiger partial charge in [-0.2, -0.15) is 0 Å². The minimum atomic E-state index is -0.174. The Morgan fingerprint density at radius 3 is 2.52 bits per heavy atom. The van der Waals surface area contributed by atoms with E-state index >= 15 is 0 Å². The Labute approximate surface area is 159 Å². The first-order valence-electron chi connectivity index (χ1n) is 8.79. The lowest BCUT2D eigenvalue weighted by Gasteiger charge is -2.23. The zero-order valence-electron chi connectivity index (χ0n) is 15.6. The van der Waals surface area contributed by atoms with Crippen LogP contribution in [-0.2, 0) is 13.1 Å². The van der Waals surface area contributed by atoms with Crippen molar-refractivity contribution in [1.82, 2.24) is 9.88 Å². The summed E-state index contributed by atoms with van der Waals surface area (Å²) in [6.07, 6.45) is 1.74. The number of aryl methyl sites for hydroxylation is 1. The van der Waals surface area contributed by atoms with E-state index in [0.29, 0.717) is 13.1 Å². The van der Waals surface area contributed by atoms with Crippen LogP contribution in [0.1, 0.15) is 16.8 Å². The van der Waals surface area contributed by atoms with E-state index in [1.165, 1.54) is 5.56 Å². The number of amides is 2. The van der Waals surface area contributed by atoms with Crippen LogP contribution in [0.25, 0.3) is 0 Å². The molecule has 5 nitrogen and oxygen atoms in total. The molecule has 0 unspecified atom stereocenters. The van der Waals surface area contributed by atoms with Crippen LogP contribution in [0, 0.1) is 6.92 Å². The van der Waals surface area contributed by atoms with Crippen LogP contribution in [-0.4, -0.2) is 23.0 Å². The second-order valence-electron chi connectivity index (χ2n) is 6.32.